The van der Waals surface area contributed by atoms with E-state index in [1.165, 1.54) is 6.21 Å². The average Bonchev–Trinajstić information content (AvgIpc) is 3.50. The Kier molecular flexibility index (Phi) is 8.99. The Bertz CT molecular complexity index is 2140. The number of benzene rings is 2. The Morgan fingerprint density at radius 3 is 2.56 bits per heavy atom. The number of H-pyrrole nitrogens is 1. The van der Waals surface area contributed by atoms with Crippen LogP contribution in [0.25, 0.3) is 27.6 Å². The third-order valence-corrected chi connectivity index (χ3v) is 9.76. The van der Waals surface area contributed by atoms with Gasteiger partial charge < -0.3 is 45.4 Å². The first-order valence-corrected chi connectivity index (χ1v) is 17.9. The zero-order valence-corrected chi connectivity index (χ0v) is 28.3. The number of methoxy groups -OCH3 is 1. The van der Waals surface area contributed by atoms with Crippen LogP contribution >= 0.6 is 7.14 Å². The summed E-state index contributed by atoms with van der Waals surface area (Å²) in [7, 11) is 2.64. The topological polar surface area (TPSA) is 184 Å². The van der Waals surface area contributed by atoms with E-state index < -0.39 is 7.14 Å². The number of piperazine rings is 1. The summed E-state index contributed by atoms with van der Waals surface area (Å²) >= 11 is 0. The average molecular weight is 665 g/mol. The number of fused-ring (bicyclic) bond motifs is 2. The maximum absolute atomic E-state index is 13.6. The van der Waals surface area contributed by atoms with E-state index in [1.807, 2.05) is 12.1 Å². The van der Waals surface area contributed by atoms with Gasteiger partial charge >= 0.3 is 0 Å². The molecule has 0 radical (unpaired) electrons. The molecule has 0 amide bonds. The van der Waals surface area contributed by atoms with Crippen molar-refractivity contribution >= 4 is 75.1 Å². The van der Waals surface area contributed by atoms with E-state index >= 15 is 0 Å². The smallest absolute Gasteiger partial charge is 0.231 e. The molecule has 5 aromatic rings. The number of rotatable bonds is 10. The Morgan fingerprint density at radius 1 is 1.10 bits per heavy atom. The van der Waals surface area contributed by atoms with Crippen molar-refractivity contribution < 1.29 is 9.30 Å². The highest BCUT2D eigenvalue weighted by molar-refractivity contribution is 7.71. The molecule has 4 heterocycles. The summed E-state index contributed by atoms with van der Waals surface area (Å²) in [5, 5.41) is 28.9. The lowest BCUT2D eigenvalue weighted by molar-refractivity contribution is 0.312. The third-order valence-electron chi connectivity index (χ3n) is 8.23. The van der Waals surface area contributed by atoms with Gasteiger partial charge in [-0.3, -0.25) is 9.97 Å². The van der Waals surface area contributed by atoms with Gasteiger partial charge in [0.2, 0.25) is 5.95 Å². The third kappa shape index (κ3) is 6.25. The number of hydrogen-bond donors (Lipinski definition) is 5. The molecule has 15 heteroatoms. The molecule has 246 valence electrons. The number of ether oxygens (including phenoxy) is 1. The van der Waals surface area contributed by atoms with E-state index in [0.29, 0.717) is 61.5 Å². The van der Waals surface area contributed by atoms with Gasteiger partial charge in [-0.05, 0) is 38.6 Å². The molecule has 0 unspecified atom stereocenters. The van der Waals surface area contributed by atoms with Crippen LogP contribution < -0.4 is 30.9 Å². The molecule has 6 rings (SSSR count). The Balaban J connectivity index is 1.48. The molecule has 5 N–H and O–H groups in total. The SMILES string of the molecule is CN/C=C(\C=N)c1cc(Nc2nc(Nc3ccc4nccnc4c3P(C)(C)=O)c3c(C#N)c[nH]c3n2)c(OC)cc1N1CCN(C)CC1. The number of aromatic amines is 1. The first-order valence-electron chi connectivity index (χ1n) is 15.3. The van der Waals surface area contributed by atoms with Crippen molar-refractivity contribution in [2.75, 3.05) is 76.2 Å². The molecule has 0 aliphatic carbocycles. The zero-order chi connectivity index (χ0) is 34.0. The lowest BCUT2D eigenvalue weighted by Gasteiger charge is -2.35. The van der Waals surface area contributed by atoms with Crippen LogP contribution in [0.3, 0.4) is 0 Å². The summed E-state index contributed by atoms with van der Waals surface area (Å²) in [6, 6.07) is 9.71. The Morgan fingerprint density at radius 2 is 1.88 bits per heavy atom. The van der Waals surface area contributed by atoms with Gasteiger partial charge in [-0.1, -0.05) is 0 Å². The molecule has 48 heavy (non-hydrogen) atoms. The van der Waals surface area contributed by atoms with Crippen molar-refractivity contribution in [1.82, 2.24) is 35.1 Å². The van der Waals surface area contributed by atoms with Crippen LogP contribution in [0.15, 0.2) is 49.1 Å². The highest BCUT2D eigenvalue weighted by Gasteiger charge is 2.25. The second-order valence-corrected chi connectivity index (χ2v) is 15.0. The number of likely N-dealkylation sites (N-methyl/N-ethyl adjacent to an activating group) is 1. The van der Waals surface area contributed by atoms with Crippen LogP contribution in [0.2, 0.25) is 0 Å². The first kappa shape index (κ1) is 32.4. The highest BCUT2D eigenvalue weighted by atomic mass is 31.2. The number of nitrogens with zero attached hydrogens (tertiary/aromatic N) is 7. The van der Waals surface area contributed by atoms with Gasteiger partial charge in [-0.2, -0.15) is 15.2 Å². The van der Waals surface area contributed by atoms with Crippen LogP contribution in [-0.2, 0) is 4.57 Å². The lowest BCUT2D eigenvalue weighted by atomic mass is 10.0. The molecule has 0 spiro atoms. The van der Waals surface area contributed by atoms with Crippen LogP contribution in [0.5, 0.6) is 5.75 Å². The molecule has 14 nitrogen and oxygen atoms in total. The predicted molar refractivity (Wildman–Crippen MR) is 192 cm³/mol. The van der Waals surface area contributed by atoms with Crippen molar-refractivity contribution in [1.29, 1.82) is 10.7 Å². The van der Waals surface area contributed by atoms with Gasteiger partial charge in [0, 0.05) is 87.1 Å². The summed E-state index contributed by atoms with van der Waals surface area (Å²) < 4.78 is 19.5. The molecule has 2 aromatic carbocycles. The minimum atomic E-state index is -2.87. The summed E-state index contributed by atoms with van der Waals surface area (Å²) in [6.07, 6.45) is 7.85. The molecule has 1 fully saturated rings. The number of aromatic nitrogens is 5. The molecular formula is C33H37N12O2P. The molecule has 1 aliphatic heterocycles. The summed E-state index contributed by atoms with van der Waals surface area (Å²) in [4.78, 5) is 26.1. The quantitative estimate of drug-likeness (QED) is 0.104. The number of nitrogens with one attached hydrogen (secondary N) is 5. The minimum Gasteiger partial charge on any atom is -0.494 e. The number of nitriles is 1. The van der Waals surface area contributed by atoms with E-state index in [4.69, 9.17) is 20.1 Å². The van der Waals surface area contributed by atoms with Gasteiger partial charge in [0.25, 0.3) is 0 Å². The molecule has 3 aromatic heterocycles. The van der Waals surface area contributed by atoms with E-state index in [9.17, 15) is 9.83 Å². The van der Waals surface area contributed by atoms with Gasteiger partial charge in [-0.25, -0.2) is 0 Å². The van der Waals surface area contributed by atoms with E-state index in [2.05, 4.69) is 53.8 Å². The van der Waals surface area contributed by atoms with Gasteiger partial charge in [0.05, 0.1) is 40.3 Å². The number of hydrogen-bond acceptors (Lipinski definition) is 13. The van der Waals surface area contributed by atoms with Crippen molar-refractivity contribution in [3.05, 3.63) is 60.2 Å². The van der Waals surface area contributed by atoms with Crippen molar-refractivity contribution in [2.24, 2.45) is 0 Å². The van der Waals surface area contributed by atoms with Crippen LogP contribution in [0.4, 0.5) is 28.8 Å². The van der Waals surface area contributed by atoms with Crippen molar-refractivity contribution in [3.8, 4) is 11.8 Å². The monoisotopic (exact) mass is 664 g/mol. The van der Waals surface area contributed by atoms with Crippen molar-refractivity contribution in [2.45, 2.75) is 0 Å². The molecule has 0 atom stereocenters. The molecule has 0 saturated carbocycles. The molecular weight excluding hydrogens is 627 g/mol. The van der Waals surface area contributed by atoms with Crippen LogP contribution in [0.1, 0.15) is 11.1 Å². The number of anilines is 5. The highest BCUT2D eigenvalue weighted by Crippen LogP contribution is 2.42. The summed E-state index contributed by atoms with van der Waals surface area (Å²) in [6.45, 7) is 6.86. The standard InChI is InChI=1S/C33H37N12O2P/c1-36-18-20(16-34)22-14-25(27(47-3)15-26(22)45-12-10-44(2)11-13-45)41-33-42-31-28(21(17-35)19-39-31)32(43-33)40-24-7-6-23-29(38-9-8-37-23)30(24)48(4,5)46/h6-9,14-16,18-19,34,36H,10-13H2,1-5H3,(H3,39,40,41,42,43)/b20-18+,34-16?. The maximum atomic E-state index is 13.6. The summed E-state index contributed by atoms with van der Waals surface area (Å²) in [5.41, 5.74) is 5.52. The minimum absolute atomic E-state index is 0.222. The van der Waals surface area contributed by atoms with Gasteiger partial charge in [0.1, 0.15) is 35.9 Å². The predicted octanol–water partition coefficient (Wildman–Crippen LogP) is 4.48. The van der Waals surface area contributed by atoms with E-state index in [-0.39, 0.29) is 5.95 Å². The summed E-state index contributed by atoms with van der Waals surface area (Å²) in [5.74, 6) is 1.12. The maximum Gasteiger partial charge on any atom is 0.231 e. The Hall–Kier alpha value is -5.51. The first-order chi connectivity index (χ1) is 23.1. The largest absolute Gasteiger partial charge is 0.494 e. The van der Waals surface area contributed by atoms with Crippen molar-refractivity contribution in [3.63, 3.8) is 0 Å². The van der Waals surface area contributed by atoms with E-state index in [0.717, 1.165) is 37.4 Å². The van der Waals surface area contributed by atoms with Crippen LogP contribution in [0, 0.1) is 16.7 Å². The fraction of sp³-hybridized carbons (Fsp3) is 0.273. The second-order valence-electron chi connectivity index (χ2n) is 11.8. The fourth-order valence-corrected chi connectivity index (χ4v) is 7.30. The molecule has 0 bridgehead atoms. The van der Waals surface area contributed by atoms with E-state index in [1.54, 1.807) is 64.4 Å². The molecule has 1 saturated heterocycles. The zero-order valence-electron chi connectivity index (χ0n) is 27.4. The Labute approximate surface area is 278 Å². The fourth-order valence-electron chi connectivity index (χ4n) is 5.91. The molecule has 1 aliphatic rings. The second kappa shape index (κ2) is 13.3. The van der Waals surface area contributed by atoms with Gasteiger partial charge in [-0.15, -0.1) is 0 Å². The lowest BCUT2D eigenvalue weighted by Crippen LogP contribution is -2.44. The normalized spacial score (nSPS) is 14.2. The van der Waals surface area contributed by atoms with Crippen LogP contribution in [-0.4, -0.2) is 96.7 Å². The number of allylic oxidation sites excluding steroid dienone is 1. The van der Waals surface area contributed by atoms with Gasteiger partial charge in [0.15, 0.2) is 0 Å².